The maximum atomic E-state index is 11.5. The SMILES string of the molecule is CCCCCCCCCCCCCCCc1cc([N+](=O)[O-])c([N+](=O)[O-])c(O)c1C(=O)O. The number of carboxylic acid groups (broad SMARTS) is 1. The number of unbranched alkanes of at least 4 members (excludes halogenated alkanes) is 12. The van der Waals surface area contributed by atoms with E-state index in [1.807, 2.05) is 0 Å². The molecule has 9 heteroatoms. The van der Waals surface area contributed by atoms with Crippen molar-refractivity contribution < 1.29 is 24.9 Å². The van der Waals surface area contributed by atoms with Crippen LogP contribution in [0.25, 0.3) is 0 Å². The molecule has 0 saturated carbocycles. The molecule has 0 heterocycles. The largest absolute Gasteiger partial charge is 0.501 e. The summed E-state index contributed by atoms with van der Waals surface area (Å²) < 4.78 is 0. The summed E-state index contributed by atoms with van der Waals surface area (Å²) in [6, 6.07) is 0.905. The summed E-state index contributed by atoms with van der Waals surface area (Å²) >= 11 is 0. The van der Waals surface area contributed by atoms with Crippen LogP contribution in [-0.2, 0) is 6.42 Å². The Morgan fingerprint density at radius 2 is 1.29 bits per heavy atom. The molecule has 0 spiro atoms. The Kier molecular flexibility index (Phi) is 12.2. The molecule has 0 atom stereocenters. The van der Waals surface area contributed by atoms with Crippen molar-refractivity contribution in [2.45, 2.75) is 96.8 Å². The summed E-state index contributed by atoms with van der Waals surface area (Å²) in [4.78, 5) is 31.6. The molecule has 1 rings (SSSR count). The van der Waals surface area contributed by atoms with Gasteiger partial charge in [-0.15, -0.1) is 0 Å². The van der Waals surface area contributed by atoms with Gasteiger partial charge in [-0.05, 0) is 18.4 Å². The summed E-state index contributed by atoms with van der Waals surface area (Å²) in [5, 5.41) is 41.6. The zero-order chi connectivity index (χ0) is 23.2. The van der Waals surface area contributed by atoms with Crippen LogP contribution >= 0.6 is 0 Å². The van der Waals surface area contributed by atoms with E-state index in [1.54, 1.807) is 0 Å². The van der Waals surface area contributed by atoms with Crippen LogP contribution in [0.1, 0.15) is 106 Å². The highest BCUT2D eigenvalue weighted by Crippen LogP contribution is 2.41. The van der Waals surface area contributed by atoms with Gasteiger partial charge in [0.1, 0.15) is 5.56 Å². The zero-order valence-electron chi connectivity index (χ0n) is 18.3. The molecule has 2 N–H and O–H groups in total. The molecule has 1 aromatic carbocycles. The van der Waals surface area contributed by atoms with E-state index in [-0.39, 0.29) is 12.0 Å². The van der Waals surface area contributed by atoms with E-state index in [4.69, 9.17) is 0 Å². The van der Waals surface area contributed by atoms with Gasteiger partial charge < -0.3 is 10.2 Å². The molecule has 0 aliphatic carbocycles. The highest BCUT2D eigenvalue weighted by molar-refractivity contribution is 5.95. The number of hydrogen-bond donors (Lipinski definition) is 2. The maximum absolute atomic E-state index is 11.5. The van der Waals surface area contributed by atoms with Gasteiger partial charge in [0.25, 0.3) is 0 Å². The van der Waals surface area contributed by atoms with Gasteiger partial charge in [0, 0.05) is 6.07 Å². The first-order valence-electron chi connectivity index (χ1n) is 11.2. The highest BCUT2D eigenvalue weighted by Gasteiger charge is 2.35. The molecule has 9 nitrogen and oxygen atoms in total. The van der Waals surface area contributed by atoms with Crippen molar-refractivity contribution in [3.8, 4) is 5.75 Å². The number of carbonyl (C=O) groups is 1. The fourth-order valence-electron chi connectivity index (χ4n) is 3.79. The summed E-state index contributed by atoms with van der Waals surface area (Å²) in [5.41, 5.74) is -2.66. The monoisotopic (exact) mass is 438 g/mol. The second-order valence-electron chi connectivity index (χ2n) is 7.94. The topological polar surface area (TPSA) is 144 Å². The van der Waals surface area contributed by atoms with E-state index >= 15 is 0 Å². The first kappa shape index (κ1) is 26.3. The van der Waals surface area contributed by atoms with Gasteiger partial charge in [-0.2, -0.15) is 0 Å². The first-order chi connectivity index (χ1) is 14.8. The van der Waals surface area contributed by atoms with Gasteiger partial charge in [0.15, 0.2) is 0 Å². The van der Waals surface area contributed by atoms with Crippen LogP contribution in [0.2, 0.25) is 0 Å². The molecule has 0 unspecified atom stereocenters. The number of hydrogen-bond acceptors (Lipinski definition) is 6. The van der Waals surface area contributed by atoms with Crippen molar-refractivity contribution in [1.29, 1.82) is 0 Å². The van der Waals surface area contributed by atoms with Crippen molar-refractivity contribution in [2.24, 2.45) is 0 Å². The fourth-order valence-corrected chi connectivity index (χ4v) is 3.79. The van der Waals surface area contributed by atoms with Crippen molar-refractivity contribution >= 4 is 17.3 Å². The average Bonchev–Trinajstić information content (AvgIpc) is 2.70. The number of benzene rings is 1. The summed E-state index contributed by atoms with van der Waals surface area (Å²) in [7, 11) is 0. The van der Waals surface area contributed by atoms with E-state index < -0.39 is 38.5 Å². The van der Waals surface area contributed by atoms with E-state index in [2.05, 4.69) is 6.92 Å². The molecule has 0 aliphatic heterocycles. The Balaban J connectivity index is 2.46. The number of aromatic carboxylic acids is 1. The second-order valence-corrected chi connectivity index (χ2v) is 7.94. The number of aryl methyl sites for hydroxylation is 1. The van der Waals surface area contributed by atoms with Crippen LogP contribution in [0, 0.1) is 20.2 Å². The van der Waals surface area contributed by atoms with Crippen LogP contribution < -0.4 is 0 Å². The van der Waals surface area contributed by atoms with Gasteiger partial charge in [-0.1, -0.05) is 84.0 Å². The third-order valence-corrected chi connectivity index (χ3v) is 5.48. The molecule has 174 valence electrons. The van der Waals surface area contributed by atoms with Crippen LogP contribution in [0.5, 0.6) is 5.75 Å². The molecule has 31 heavy (non-hydrogen) atoms. The van der Waals surface area contributed by atoms with Gasteiger partial charge in [-0.25, -0.2) is 4.79 Å². The molecule has 0 radical (unpaired) electrons. The molecule has 0 amide bonds. The molecule has 0 bridgehead atoms. The molecule has 1 aromatic rings. The minimum atomic E-state index is -1.54. The van der Waals surface area contributed by atoms with Crippen molar-refractivity contribution in [2.75, 3.05) is 0 Å². The molecule has 0 aliphatic rings. The van der Waals surface area contributed by atoms with Crippen LogP contribution in [0.4, 0.5) is 11.4 Å². The number of nitro benzene ring substituents is 2. The molecular weight excluding hydrogens is 404 g/mol. The van der Waals surface area contributed by atoms with E-state index in [1.165, 1.54) is 51.4 Å². The van der Waals surface area contributed by atoms with Crippen LogP contribution in [0.3, 0.4) is 0 Å². The smallest absolute Gasteiger partial charge is 0.388 e. The Bertz CT molecular complexity index is 750. The summed E-state index contributed by atoms with van der Waals surface area (Å²) in [6.45, 7) is 2.21. The normalized spacial score (nSPS) is 10.9. The third-order valence-electron chi connectivity index (χ3n) is 5.48. The standard InChI is InChI=1S/C22H34N2O7/c1-2-3-4-5-6-7-8-9-10-11-12-13-14-15-17-16-18(23(28)29)20(24(30)31)21(25)19(17)22(26)27/h16,25H,2-15H2,1H3,(H,26,27). The first-order valence-corrected chi connectivity index (χ1v) is 11.2. The number of nitro groups is 2. The van der Waals surface area contributed by atoms with Gasteiger partial charge >= 0.3 is 17.3 Å². The second kappa shape index (κ2) is 14.3. The van der Waals surface area contributed by atoms with Crippen molar-refractivity contribution in [3.63, 3.8) is 0 Å². The summed E-state index contributed by atoms with van der Waals surface area (Å²) in [5.74, 6) is -2.70. The van der Waals surface area contributed by atoms with Gasteiger partial charge in [0.2, 0.25) is 5.75 Å². The maximum Gasteiger partial charge on any atom is 0.388 e. The van der Waals surface area contributed by atoms with E-state index in [0.717, 1.165) is 31.7 Å². The van der Waals surface area contributed by atoms with Gasteiger partial charge in [-0.3, -0.25) is 20.2 Å². The highest BCUT2D eigenvalue weighted by atomic mass is 16.6. The predicted molar refractivity (Wildman–Crippen MR) is 118 cm³/mol. The number of carboxylic acids is 1. The van der Waals surface area contributed by atoms with E-state index in [9.17, 15) is 35.2 Å². The summed E-state index contributed by atoms with van der Waals surface area (Å²) in [6.07, 6.45) is 15.1. The van der Waals surface area contributed by atoms with Gasteiger partial charge in [0.05, 0.1) is 9.85 Å². The lowest BCUT2D eigenvalue weighted by Gasteiger charge is -2.09. The lowest BCUT2D eigenvalue weighted by atomic mass is 9.97. The Labute approximate surface area is 182 Å². The quantitative estimate of drug-likeness (QED) is 0.159. The van der Waals surface area contributed by atoms with Crippen LogP contribution in [0.15, 0.2) is 6.07 Å². The predicted octanol–water partition coefficient (Wildman–Crippen LogP) is 6.54. The Morgan fingerprint density at radius 3 is 1.68 bits per heavy atom. The fraction of sp³-hybridized carbons (Fsp3) is 0.682. The number of nitrogens with zero attached hydrogens (tertiary/aromatic N) is 2. The molecule has 0 aromatic heterocycles. The number of rotatable bonds is 17. The minimum Gasteiger partial charge on any atom is -0.501 e. The molecule has 0 saturated heterocycles. The number of aromatic hydroxyl groups is 1. The average molecular weight is 439 g/mol. The van der Waals surface area contributed by atoms with Crippen molar-refractivity contribution in [3.05, 3.63) is 37.4 Å². The van der Waals surface area contributed by atoms with Crippen molar-refractivity contribution in [1.82, 2.24) is 0 Å². The Morgan fingerprint density at radius 1 is 0.839 bits per heavy atom. The zero-order valence-corrected chi connectivity index (χ0v) is 18.3. The minimum absolute atomic E-state index is 0.0466. The number of phenols is 1. The van der Waals surface area contributed by atoms with E-state index in [0.29, 0.717) is 6.42 Å². The third kappa shape index (κ3) is 8.90. The van der Waals surface area contributed by atoms with Crippen LogP contribution in [-0.4, -0.2) is 26.0 Å². The molecule has 0 fully saturated rings. The molecular formula is C22H34N2O7. The lowest BCUT2D eigenvalue weighted by Crippen LogP contribution is -2.08. The lowest BCUT2D eigenvalue weighted by molar-refractivity contribution is -0.423. The Hall–Kier alpha value is -2.71.